The maximum Gasteiger partial charge on any atom is 0.238 e. The van der Waals surface area contributed by atoms with E-state index in [1.165, 1.54) is 25.9 Å². The molecule has 0 aromatic heterocycles. The molecule has 3 N–H and O–H groups in total. The first-order chi connectivity index (χ1) is 9.98. The number of carbonyl (C=O) groups excluding carboxylic acids is 1. The summed E-state index contributed by atoms with van der Waals surface area (Å²) < 4.78 is 0. The predicted octanol–water partition coefficient (Wildman–Crippen LogP) is 2.13. The van der Waals surface area contributed by atoms with Gasteiger partial charge in [-0.2, -0.15) is 0 Å². The van der Waals surface area contributed by atoms with Gasteiger partial charge < -0.3 is 16.0 Å². The molecule has 122 valence electrons. The van der Waals surface area contributed by atoms with Crippen molar-refractivity contribution in [2.45, 2.75) is 70.9 Å². The third-order valence-electron chi connectivity index (χ3n) is 5.55. The van der Waals surface area contributed by atoms with Gasteiger partial charge in [-0.1, -0.05) is 19.8 Å². The maximum atomic E-state index is 12.1. The Kier molecular flexibility index (Phi) is 5.67. The fourth-order valence-corrected chi connectivity index (χ4v) is 4.36. The number of rotatable bonds is 7. The van der Waals surface area contributed by atoms with E-state index in [0.29, 0.717) is 12.0 Å². The standard InChI is InChI=1S/C17H33N3O/c1-4-14-7-10-20(12-14)11-8-15-6-5-9-17(15,16(18)21)19-13(2)3/h13-15,19H,4-12H2,1-3H3,(H2,18,21). The molecule has 2 aliphatic rings. The summed E-state index contributed by atoms with van der Waals surface area (Å²) in [5.74, 6) is 1.13. The van der Waals surface area contributed by atoms with Crippen molar-refractivity contribution in [2.75, 3.05) is 19.6 Å². The van der Waals surface area contributed by atoms with Crippen LogP contribution in [-0.4, -0.2) is 42.0 Å². The molecule has 0 bridgehead atoms. The molecular weight excluding hydrogens is 262 g/mol. The zero-order chi connectivity index (χ0) is 15.5. The Bertz CT molecular complexity index is 358. The Morgan fingerprint density at radius 3 is 2.76 bits per heavy atom. The van der Waals surface area contributed by atoms with Gasteiger partial charge in [-0.25, -0.2) is 0 Å². The highest BCUT2D eigenvalue weighted by Gasteiger charge is 2.47. The Hall–Kier alpha value is -0.610. The number of likely N-dealkylation sites (tertiary alicyclic amines) is 1. The number of hydrogen-bond donors (Lipinski definition) is 2. The van der Waals surface area contributed by atoms with Gasteiger partial charge in [0.15, 0.2) is 0 Å². The van der Waals surface area contributed by atoms with Gasteiger partial charge in [0.1, 0.15) is 5.54 Å². The van der Waals surface area contributed by atoms with Crippen molar-refractivity contribution in [1.82, 2.24) is 10.2 Å². The zero-order valence-electron chi connectivity index (χ0n) is 14.0. The van der Waals surface area contributed by atoms with Crippen molar-refractivity contribution in [2.24, 2.45) is 17.6 Å². The van der Waals surface area contributed by atoms with Crippen LogP contribution in [0.2, 0.25) is 0 Å². The Labute approximate surface area is 129 Å². The summed E-state index contributed by atoms with van der Waals surface area (Å²) in [4.78, 5) is 14.7. The van der Waals surface area contributed by atoms with Crippen LogP contribution in [0.25, 0.3) is 0 Å². The molecule has 0 spiro atoms. The second-order valence-corrected chi connectivity index (χ2v) is 7.38. The lowest BCUT2D eigenvalue weighted by Crippen LogP contribution is -2.60. The number of carbonyl (C=O) groups is 1. The smallest absolute Gasteiger partial charge is 0.238 e. The molecule has 3 atom stereocenters. The molecule has 1 saturated carbocycles. The fraction of sp³-hybridized carbons (Fsp3) is 0.941. The molecule has 2 fully saturated rings. The van der Waals surface area contributed by atoms with Crippen LogP contribution in [0.3, 0.4) is 0 Å². The van der Waals surface area contributed by atoms with Crippen LogP contribution in [0.15, 0.2) is 0 Å². The van der Waals surface area contributed by atoms with Crippen molar-refractivity contribution in [3.05, 3.63) is 0 Å². The third kappa shape index (κ3) is 3.78. The van der Waals surface area contributed by atoms with Gasteiger partial charge in [-0.3, -0.25) is 4.79 Å². The van der Waals surface area contributed by atoms with E-state index >= 15 is 0 Å². The Morgan fingerprint density at radius 2 is 2.19 bits per heavy atom. The molecule has 2 rings (SSSR count). The minimum Gasteiger partial charge on any atom is -0.368 e. The summed E-state index contributed by atoms with van der Waals surface area (Å²) in [6.45, 7) is 10.1. The second-order valence-electron chi connectivity index (χ2n) is 7.38. The Balaban J connectivity index is 1.93. The number of nitrogens with zero attached hydrogens (tertiary/aromatic N) is 1. The lowest BCUT2D eigenvalue weighted by Gasteiger charge is -2.36. The van der Waals surface area contributed by atoms with Crippen molar-refractivity contribution in [1.29, 1.82) is 0 Å². The second kappa shape index (κ2) is 7.10. The summed E-state index contributed by atoms with van der Waals surface area (Å²) in [5.41, 5.74) is 5.32. The monoisotopic (exact) mass is 295 g/mol. The van der Waals surface area contributed by atoms with E-state index in [2.05, 4.69) is 31.0 Å². The van der Waals surface area contributed by atoms with E-state index in [0.717, 1.165) is 38.1 Å². The molecule has 0 radical (unpaired) electrons. The van der Waals surface area contributed by atoms with Gasteiger partial charge in [0.2, 0.25) is 5.91 Å². The fourth-order valence-electron chi connectivity index (χ4n) is 4.36. The minimum atomic E-state index is -0.460. The molecule has 0 aromatic rings. The van der Waals surface area contributed by atoms with Crippen LogP contribution < -0.4 is 11.1 Å². The molecule has 1 saturated heterocycles. The number of amides is 1. The third-order valence-corrected chi connectivity index (χ3v) is 5.55. The SMILES string of the molecule is CCC1CCN(CCC2CCCC2(NC(C)C)C(N)=O)C1. The van der Waals surface area contributed by atoms with E-state index in [1.807, 2.05) is 0 Å². The highest BCUT2D eigenvalue weighted by atomic mass is 16.1. The van der Waals surface area contributed by atoms with Crippen molar-refractivity contribution in [3.63, 3.8) is 0 Å². The number of primary amides is 1. The maximum absolute atomic E-state index is 12.1. The number of hydrogen-bond acceptors (Lipinski definition) is 3. The largest absolute Gasteiger partial charge is 0.368 e. The molecule has 4 heteroatoms. The number of nitrogens with two attached hydrogens (primary N) is 1. The van der Waals surface area contributed by atoms with Gasteiger partial charge >= 0.3 is 0 Å². The zero-order valence-corrected chi connectivity index (χ0v) is 14.0. The van der Waals surface area contributed by atoms with E-state index in [1.54, 1.807) is 0 Å². The minimum absolute atomic E-state index is 0.147. The van der Waals surface area contributed by atoms with Crippen LogP contribution in [0.5, 0.6) is 0 Å². The van der Waals surface area contributed by atoms with Crippen LogP contribution >= 0.6 is 0 Å². The summed E-state index contributed by atoms with van der Waals surface area (Å²) in [7, 11) is 0. The topological polar surface area (TPSA) is 58.4 Å². The molecule has 1 heterocycles. The average molecular weight is 295 g/mol. The van der Waals surface area contributed by atoms with E-state index in [9.17, 15) is 4.79 Å². The first-order valence-electron chi connectivity index (χ1n) is 8.78. The van der Waals surface area contributed by atoms with Gasteiger partial charge in [0, 0.05) is 12.6 Å². The Morgan fingerprint density at radius 1 is 1.43 bits per heavy atom. The van der Waals surface area contributed by atoms with Crippen LogP contribution in [0.1, 0.15) is 59.3 Å². The van der Waals surface area contributed by atoms with Gasteiger partial charge in [0.25, 0.3) is 0 Å². The van der Waals surface area contributed by atoms with Crippen molar-refractivity contribution >= 4 is 5.91 Å². The molecule has 1 amide bonds. The van der Waals surface area contributed by atoms with E-state index in [-0.39, 0.29) is 5.91 Å². The predicted molar refractivity (Wildman–Crippen MR) is 87.0 cm³/mol. The molecule has 3 unspecified atom stereocenters. The lowest BCUT2D eigenvalue weighted by molar-refractivity contribution is -0.126. The summed E-state index contributed by atoms with van der Waals surface area (Å²) in [6, 6.07) is 0.300. The molecule has 0 aromatic carbocycles. The highest BCUT2D eigenvalue weighted by molar-refractivity contribution is 5.85. The normalized spacial score (nSPS) is 33.9. The summed E-state index contributed by atoms with van der Waals surface area (Å²) in [6.07, 6.45) is 6.88. The lowest BCUT2D eigenvalue weighted by atomic mass is 9.83. The quantitative estimate of drug-likeness (QED) is 0.756. The van der Waals surface area contributed by atoms with E-state index in [4.69, 9.17) is 5.73 Å². The summed E-state index contributed by atoms with van der Waals surface area (Å²) in [5, 5.41) is 3.51. The average Bonchev–Trinajstić information content (AvgIpc) is 3.03. The molecular formula is C17H33N3O. The van der Waals surface area contributed by atoms with Gasteiger partial charge in [-0.15, -0.1) is 0 Å². The molecule has 1 aliphatic carbocycles. The van der Waals surface area contributed by atoms with Crippen molar-refractivity contribution in [3.8, 4) is 0 Å². The van der Waals surface area contributed by atoms with Crippen LogP contribution in [0.4, 0.5) is 0 Å². The van der Waals surface area contributed by atoms with Gasteiger partial charge in [-0.05, 0) is 64.5 Å². The first-order valence-corrected chi connectivity index (χ1v) is 8.78. The van der Waals surface area contributed by atoms with E-state index < -0.39 is 5.54 Å². The van der Waals surface area contributed by atoms with Gasteiger partial charge in [0.05, 0.1) is 0 Å². The van der Waals surface area contributed by atoms with Crippen molar-refractivity contribution < 1.29 is 4.79 Å². The molecule has 21 heavy (non-hydrogen) atoms. The summed E-state index contributed by atoms with van der Waals surface area (Å²) >= 11 is 0. The van der Waals surface area contributed by atoms with Crippen LogP contribution in [0, 0.1) is 11.8 Å². The first kappa shape index (κ1) is 16.8. The number of nitrogens with one attached hydrogen (secondary N) is 1. The van der Waals surface area contributed by atoms with Crippen LogP contribution in [-0.2, 0) is 4.79 Å². The molecule has 4 nitrogen and oxygen atoms in total. The highest BCUT2D eigenvalue weighted by Crippen LogP contribution is 2.38. The molecule has 1 aliphatic heterocycles.